The van der Waals surface area contributed by atoms with Gasteiger partial charge in [-0.25, -0.2) is 0 Å². The van der Waals surface area contributed by atoms with Crippen LogP contribution in [0, 0.1) is 5.41 Å². The zero-order valence-corrected chi connectivity index (χ0v) is 10.2. The van der Waals surface area contributed by atoms with E-state index in [9.17, 15) is 4.79 Å². The van der Waals surface area contributed by atoms with E-state index in [0.29, 0.717) is 0 Å². The van der Waals surface area contributed by atoms with Crippen molar-refractivity contribution < 1.29 is 4.79 Å². The van der Waals surface area contributed by atoms with Crippen LogP contribution in [-0.2, 0) is 4.79 Å². The average molecular weight is 206 g/mol. The van der Waals surface area contributed by atoms with E-state index in [0.717, 1.165) is 6.42 Å². The summed E-state index contributed by atoms with van der Waals surface area (Å²) in [7, 11) is 0. The van der Waals surface area contributed by atoms with Gasteiger partial charge in [0.15, 0.2) is 5.78 Å². The van der Waals surface area contributed by atoms with E-state index < -0.39 is 0 Å². The van der Waals surface area contributed by atoms with Crippen molar-refractivity contribution in [1.82, 2.24) is 0 Å². The first-order valence-corrected chi connectivity index (χ1v) is 6.00. The van der Waals surface area contributed by atoms with Crippen molar-refractivity contribution in [3.63, 3.8) is 0 Å². The summed E-state index contributed by atoms with van der Waals surface area (Å²) in [6.07, 6.45) is 12.1. The predicted octanol–water partition coefficient (Wildman–Crippen LogP) is 4.05. The Bertz CT molecular complexity index is 282. The van der Waals surface area contributed by atoms with Gasteiger partial charge in [0, 0.05) is 5.41 Å². The summed E-state index contributed by atoms with van der Waals surface area (Å²) in [5, 5.41) is 0. The monoisotopic (exact) mass is 206 g/mol. The summed E-state index contributed by atoms with van der Waals surface area (Å²) in [5.74, 6) is 0.246. The molecule has 1 nitrogen and oxygen atoms in total. The number of carbonyl (C=O) groups excluding carboxylic acids is 1. The quantitative estimate of drug-likeness (QED) is 0.620. The van der Waals surface area contributed by atoms with E-state index in [1.165, 1.54) is 31.3 Å². The van der Waals surface area contributed by atoms with E-state index >= 15 is 0 Å². The number of rotatable bonds is 5. The van der Waals surface area contributed by atoms with Crippen molar-refractivity contribution >= 4 is 5.78 Å². The van der Waals surface area contributed by atoms with Crippen LogP contribution >= 0.6 is 0 Å². The van der Waals surface area contributed by atoms with Crippen molar-refractivity contribution in [1.29, 1.82) is 0 Å². The van der Waals surface area contributed by atoms with Gasteiger partial charge in [0.1, 0.15) is 0 Å². The first kappa shape index (κ1) is 12.2. The molecular weight excluding hydrogens is 184 g/mol. The lowest BCUT2D eigenvalue weighted by Crippen LogP contribution is -2.22. The van der Waals surface area contributed by atoms with Crippen LogP contribution in [0.4, 0.5) is 0 Å². The van der Waals surface area contributed by atoms with Crippen molar-refractivity contribution in [2.45, 2.75) is 52.9 Å². The summed E-state index contributed by atoms with van der Waals surface area (Å²) < 4.78 is 0. The van der Waals surface area contributed by atoms with Crippen LogP contribution < -0.4 is 0 Å². The molecule has 1 aliphatic rings. The second kappa shape index (κ2) is 5.29. The normalized spacial score (nSPS) is 19.1. The fourth-order valence-electron chi connectivity index (χ4n) is 1.71. The molecule has 0 amide bonds. The second-order valence-electron chi connectivity index (χ2n) is 4.95. The fourth-order valence-corrected chi connectivity index (χ4v) is 1.71. The minimum atomic E-state index is -0.285. The lowest BCUT2D eigenvalue weighted by atomic mass is 9.82. The van der Waals surface area contributed by atoms with Gasteiger partial charge in [-0.1, -0.05) is 38.3 Å². The molecular formula is C14H22O. The first-order chi connectivity index (χ1) is 7.06. The van der Waals surface area contributed by atoms with E-state index in [-0.39, 0.29) is 11.2 Å². The summed E-state index contributed by atoms with van der Waals surface area (Å²) in [6.45, 7) is 6.15. The molecule has 0 aromatic rings. The van der Waals surface area contributed by atoms with E-state index in [4.69, 9.17) is 0 Å². The third-order valence-corrected chi connectivity index (χ3v) is 2.98. The summed E-state index contributed by atoms with van der Waals surface area (Å²) in [5.41, 5.74) is 0.919. The molecule has 0 aromatic carbocycles. The maximum absolute atomic E-state index is 11.7. The molecule has 0 bridgehead atoms. The SMILES string of the molecule is CCCCCCC1=CC(=O)C(C)(C)C=C1. The molecule has 0 fully saturated rings. The van der Waals surface area contributed by atoms with Gasteiger partial charge in [0.25, 0.3) is 0 Å². The number of carbonyl (C=O) groups is 1. The molecule has 0 heterocycles. The maximum Gasteiger partial charge on any atom is 0.165 e. The molecule has 0 spiro atoms. The van der Waals surface area contributed by atoms with Gasteiger partial charge in [-0.05, 0) is 38.3 Å². The van der Waals surface area contributed by atoms with Gasteiger partial charge < -0.3 is 0 Å². The molecule has 0 saturated heterocycles. The van der Waals surface area contributed by atoms with Crippen LogP contribution in [0.5, 0.6) is 0 Å². The molecule has 15 heavy (non-hydrogen) atoms. The van der Waals surface area contributed by atoms with Crippen molar-refractivity contribution in [3.8, 4) is 0 Å². The summed E-state index contributed by atoms with van der Waals surface area (Å²) in [6, 6.07) is 0. The molecule has 1 heteroatoms. The Morgan fingerprint density at radius 1 is 1.20 bits per heavy atom. The molecule has 0 N–H and O–H groups in total. The number of ketones is 1. The molecule has 0 aromatic heterocycles. The standard InChI is InChI=1S/C14H22O/c1-4-5-6-7-8-12-9-10-14(2,3)13(15)11-12/h9-11H,4-8H2,1-3H3. The van der Waals surface area contributed by atoms with Crippen LogP contribution in [0.1, 0.15) is 52.9 Å². The Kier molecular flexibility index (Phi) is 4.31. The molecule has 0 atom stereocenters. The highest BCUT2D eigenvalue weighted by molar-refractivity contribution is 5.97. The first-order valence-electron chi connectivity index (χ1n) is 6.00. The lowest BCUT2D eigenvalue weighted by Gasteiger charge is -2.21. The van der Waals surface area contributed by atoms with Gasteiger partial charge in [-0.3, -0.25) is 4.79 Å². The summed E-state index contributed by atoms with van der Waals surface area (Å²) >= 11 is 0. The molecule has 0 radical (unpaired) electrons. The van der Waals surface area contributed by atoms with Crippen molar-refractivity contribution in [2.75, 3.05) is 0 Å². The Morgan fingerprint density at radius 3 is 2.53 bits per heavy atom. The Morgan fingerprint density at radius 2 is 1.93 bits per heavy atom. The molecule has 0 saturated carbocycles. The molecule has 84 valence electrons. The van der Waals surface area contributed by atoms with Crippen LogP contribution in [0.15, 0.2) is 23.8 Å². The highest BCUT2D eigenvalue weighted by Crippen LogP contribution is 2.27. The van der Waals surface area contributed by atoms with E-state index in [2.05, 4.69) is 13.0 Å². The highest BCUT2D eigenvalue weighted by Gasteiger charge is 2.25. The van der Waals surface area contributed by atoms with Gasteiger partial charge >= 0.3 is 0 Å². The second-order valence-corrected chi connectivity index (χ2v) is 4.95. The number of allylic oxidation sites excluding steroid dienone is 4. The van der Waals surface area contributed by atoms with Crippen molar-refractivity contribution in [3.05, 3.63) is 23.8 Å². The fraction of sp³-hybridized carbons (Fsp3) is 0.643. The minimum Gasteiger partial charge on any atom is -0.294 e. The molecule has 0 aliphatic heterocycles. The number of hydrogen-bond acceptors (Lipinski definition) is 1. The highest BCUT2D eigenvalue weighted by atomic mass is 16.1. The lowest BCUT2D eigenvalue weighted by molar-refractivity contribution is -0.120. The Labute approximate surface area is 93.3 Å². The number of hydrogen-bond donors (Lipinski definition) is 0. The summed E-state index contributed by atoms with van der Waals surface area (Å²) in [4.78, 5) is 11.7. The third-order valence-electron chi connectivity index (χ3n) is 2.98. The molecule has 1 rings (SSSR count). The van der Waals surface area contributed by atoms with Crippen LogP contribution in [0.2, 0.25) is 0 Å². The van der Waals surface area contributed by atoms with Gasteiger partial charge in [0.05, 0.1) is 0 Å². The van der Waals surface area contributed by atoms with Gasteiger partial charge in [0.2, 0.25) is 0 Å². The van der Waals surface area contributed by atoms with Crippen LogP contribution in [-0.4, -0.2) is 5.78 Å². The Hall–Kier alpha value is -0.850. The maximum atomic E-state index is 11.7. The van der Waals surface area contributed by atoms with E-state index in [1.54, 1.807) is 0 Å². The molecule has 1 aliphatic carbocycles. The van der Waals surface area contributed by atoms with Gasteiger partial charge in [-0.15, -0.1) is 0 Å². The zero-order valence-electron chi connectivity index (χ0n) is 10.2. The van der Waals surface area contributed by atoms with Gasteiger partial charge in [-0.2, -0.15) is 0 Å². The molecule has 0 unspecified atom stereocenters. The largest absolute Gasteiger partial charge is 0.294 e. The topological polar surface area (TPSA) is 17.1 Å². The van der Waals surface area contributed by atoms with Crippen LogP contribution in [0.3, 0.4) is 0 Å². The Balaban J connectivity index is 2.39. The van der Waals surface area contributed by atoms with Crippen molar-refractivity contribution in [2.24, 2.45) is 5.41 Å². The minimum absolute atomic E-state index is 0.246. The van der Waals surface area contributed by atoms with Crippen LogP contribution in [0.25, 0.3) is 0 Å². The predicted molar refractivity (Wildman–Crippen MR) is 64.8 cm³/mol. The number of unbranched alkanes of at least 4 members (excludes halogenated alkanes) is 3. The average Bonchev–Trinajstić information content (AvgIpc) is 2.18. The third kappa shape index (κ3) is 3.65. The van der Waals surface area contributed by atoms with E-state index in [1.807, 2.05) is 26.0 Å². The smallest absolute Gasteiger partial charge is 0.165 e. The zero-order chi connectivity index (χ0) is 11.3.